The maximum Gasteiger partial charge on any atom is 0.165 e. The first-order valence-corrected chi connectivity index (χ1v) is 9.55. The molecule has 0 N–H and O–H groups in total. The van der Waals surface area contributed by atoms with Gasteiger partial charge in [-0.15, -0.1) is 0 Å². The quantitative estimate of drug-likeness (QED) is 0.734. The van der Waals surface area contributed by atoms with Crippen molar-refractivity contribution in [2.45, 2.75) is 44.4 Å². The van der Waals surface area contributed by atoms with Crippen LogP contribution in [0, 0.1) is 5.82 Å². The summed E-state index contributed by atoms with van der Waals surface area (Å²) < 4.78 is 20.0. The summed E-state index contributed by atoms with van der Waals surface area (Å²) in [5, 5.41) is 0. The Bertz CT molecular complexity index is 508. The molecule has 1 heterocycles. The average Bonchev–Trinajstić information content (AvgIpc) is 2.62. The molecule has 0 radical (unpaired) electrons. The molecule has 0 amide bonds. The van der Waals surface area contributed by atoms with Crippen molar-refractivity contribution in [3.05, 3.63) is 29.6 Å². The summed E-state index contributed by atoms with van der Waals surface area (Å²) in [5.41, 5.74) is 1.15. The highest BCUT2D eigenvalue weighted by Crippen LogP contribution is 2.34. The van der Waals surface area contributed by atoms with Crippen molar-refractivity contribution in [2.75, 3.05) is 46.4 Å². The molecule has 2 aliphatic rings. The molecule has 0 aromatic heterocycles. The number of hydrogen-bond donors (Lipinski definition) is 0. The Labute approximate surface area is 145 Å². The maximum atomic E-state index is 14.3. The second kappa shape index (κ2) is 8.82. The molecule has 1 saturated carbocycles. The third kappa shape index (κ3) is 4.93. The lowest BCUT2D eigenvalue weighted by atomic mass is 9.84. The van der Waals surface area contributed by atoms with E-state index in [9.17, 15) is 4.39 Å². The summed E-state index contributed by atoms with van der Waals surface area (Å²) in [6, 6.07) is 5.59. The molecule has 0 bridgehead atoms. The van der Waals surface area contributed by atoms with Crippen LogP contribution in [0.1, 0.15) is 50.0 Å². The molecule has 0 spiro atoms. The highest BCUT2D eigenvalue weighted by Gasteiger charge is 2.17. The van der Waals surface area contributed by atoms with E-state index in [2.05, 4.69) is 22.9 Å². The van der Waals surface area contributed by atoms with E-state index >= 15 is 0 Å². The largest absolute Gasteiger partial charge is 0.490 e. The third-order valence-corrected chi connectivity index (χ3v) is 5.50. The minimum absolute atomic E-state index is 0.197. The zero-order valence-corrected chi connectivity index (χ0v) is 15.0. The van der Waals surface area contributed by atoms with Crippen molar-refractivity contribution in [3.63, 3.8) is 0 Å². The number of likely N-dealkylation sites (N-methyl/N-ethyl adjacent to an activating group) is 1. The van der Waals surface area contributed by atoms with Crippen LogP contribution in [0.3, 0.4) is 0 Å². The fourth-order valence-electron chi connectivity index (χ4n) is 3.87. The van der Waals surface area contributed by atoms with Gasteiger partial charge in [-0.3, -0.25) is 0 Å². The van der Waals surface area contributed by atoms with Crippen molar-refractivity contribution in [1.29, 1.82) is 0 Å². The lowest BCUT2D eigenvalue weighted by Crippen LogP contribution is -2.44. The van der Waals surface area contributed by atoms with E-state index in [0.29, 0.717) is 18.3 Å². The van der Waals surface area contributed by atoms with Crippen LogP contribution in [-0.4, -0.2) is 56.2 Å². The van der Waals surface area contributed by atoms with Crippen LogP contribution in [0.4, 0.5) is 4.39 Å². The maximum absolute atomic E-state index is 14.3. The summed E-state index contributed by atoms with van der Waals surface area (Å²) in [7, 11) is 2.17. The molecule has 2 fully saturated rings. The van der Waals surface area contributed by atoms with E-state index < -0.39 is 0 Å². The molecule has 134 valence electrons. The van der Waals surface area contributed by atoms with Crippen molar-refractivity contribution < 1.29 is 9.13 Å². The molecule has 3 nitrogen and oxygen atoms in total. The summed E-state index contributed by atoms with van der Waals surface area (Å²) >= 11 is 0. The molecule has 0 unspecified atom stereocenters. The van der Waals surface area contributed by atoms with E-state index in [4.69, 9.17) is 4.74 Å². The van der Waals surface area contributed by atoms with Crippen molar-refractivity contribution >= 4 is 0 Å². The Morgan fingerprint density at radius 2 is 1.83 bits per heavy atom. The van der Waals surface area contributed by atoms with Crippen LogP contribution >= 0.6 is 0 Å². The summed E-state index contributed by atoms with van der Waals surface area (Å²) in [6.45, 7) is 6.15. The zero-order valence-electron chi connectivity index (χ0n) is 15.0. The van der Waals surface area contributed by atoms with E-state index in [1.54, 1.807) is 6.07 Å². The molecule has 24 heavy (non-hydrogen) atoms. The van der Waals surface area contributed by atoms with Gasteiger partial charge >= 0.3 is 0 Å². The summed E-state index contributed by atoms with van der Waals surface area (Å²) in [5.74, 6) is 0.755. The molecular weight excluding hydrogens is 303 g/mol. The first-order valence-electron chi connectivity index (χ1n) is 9.55. The molecule has 1 aliphatic carbocycles. The Hall–Kier alpha value is -1.13. The summed E-state index contributed by atoms with van der Waals surface area (Å²) in [4.78, 5) is 4.82. The van der Waals surface area contributed by atoms with Gasteiger partial charge in [-0.1, -0.05) is 25.3 Å². The predicted octanol–water partition coefficient (Wildman–Crippen LogP) is 3.89. The van der Waals surface area contributed by atoms with Crippen LogP contribution < -0.4 is 4.74 Å². The van der Waals surface area contributed by atoms with Crippen LogP contribution in [0.15, 0.2) is 18.2 Å². The Kier molecular flexibility index (Phi) is 6.50. The molecule has 1 aromatic rings. The number of rotatable bonds is 6. The van der Waals surface area contributed by atoms with Crippen LogP contribution in [-0.2, 0) is 0 Å². The molecule has 4 heteroatoms. The van der Waals surface area contributed by atoms with Crippen molar-refractivity contribution in [2.24, 2.45) is 0 Å². The van der Waals surface area contributed by atoms with Gasteiger partial charge < -0.3 is 14.5 Å². The fourth-order valence-corrected chi connectivity index (χ4v) is 3.87. The van der Waals surface area contributed by atoms with Gasteiger partial charge in [0.15, 0.2) is 11.6 Å². The molecule has 1 aromatic carbocycles. The average molecular weight is 334 g/mol. The second-order valence-electron chi connectivity index (χ2n) is 7.37. The van der Waals surface area contributed by atoms with E-state index in [1.165, 1.54) is 32.1 Å². The molecule has 1 saturated heterocycles. The Morgan fingerprint density at radius 1 is 1.08 bits per heavy atom. The van der Waals surface area contributed by atoms with E-state index in [-0.39, 0.29) is 5.82 Å². The number of piperazine rings is 1. The van der Waals surface area contributed by atoms with Gasteiger partial charge in [0, 0.05) is 32.7 Å². The van der Waals surface area contributed by atoms with E-state index in [1.807, 2.05) is 6.07 Å². The number of hydrogen-bond acceptors (Lipinski definition) is 3. The fraction of sp³-hybridized carbons (Fsp3) is 0.700. The zero-order chi connectivity index (χ0) is 16.8. The molecule has 0 atom stereocenters. The Balaban J connectivity index is 1.42. The topological polar surface area (TPSA) is 15.7 Å². The Morgan fingerprint density at radius 3 is 2.54 bits per heavy atom. The first-order chi connectivity index (χ1) is 11.7. The minimum Gasteiger partial charge on any atom is -0.490 e. The lowest BCUT2D eigenvalue weighted by molar-refractivity contribution is 0.145. The minimum atomic E-state index is -0.197. The van der Waals surface area contributed by atoms with Gasteiger partial charge in [0.2, 0.25) is 0 Å². The van der Waals surface area contributed by atoms with Gasteiger partial charge in [-0.2, -0.15) is 0 Å². The van der Waals surface area contributed by atoms with Gasteiger partial charge in [-0.25, -0.2) is 4.39 Å². The molecular formula is C20H31FN2O. The van der Waals surface area contributed by atoms with Gasteiger partial charge in [0.05, 0.1) is 6.61 Å². The van der Waals surface area contributed by atoms with Crippen molar-refractivity contribution in [1.82, 2.24) is 9.80 Å². The number of benzene rings is 1. The number of ether oxygens (including phenoxy) is 1. The monoisotopic (exact) mass is 334 g/mol. The standard InChI is InChI=1S/C20H31FN2O/c1-22-11-13-23(14-12-22)10-5-15-24-20-9-8-18(16-19(20)21)17-6-3-2-4-7-17/h8-9,16-17H,2-7,10-15H2,1H3. The van der Waals surface area contributed by atoms with E-state index in [0.717, 1.165) is 44.7 Å². The SMILES string of the molecule is CN1CCN(CCCOc2ccc(C3CCCCC3)cc2F)CC1. The van der Waals surface area contributed by atoms with Crippen molar-refractivity contribution in [3.8, 4) is 5.75 Å². The first kappa shape index (κ1) is 17.7. The van der Waals surface area contributed by atoms with Gasteiger partial charge in [-0.05, 0) is 49.9 Å². The normalized spacial score (nSPS) is 21.1. The van der Waals surface area contributed by atoms with Crippen LogP contribution in [0.25, 0.3) is 0 Å². The van der Waals surface area contributed by atoms with Crippen LogP contribution in [0.2, 0.25) is 0 Å². The van der Waals surface area contributed by atoms with Gasteiger partial charge in [0.25, 0.3) is 0 Å². The van der Waals surface area contributed by atoms with Gasteiger partial charge in [0.1, 0.15) is 0 Å². The second-order valence-corrected chi connectivity index (χ2v) is 7.37. The number of nitrogens with zero attached hydrogens (tertiary/aromatic N) is 2. The number of halogens is 1. The molecule has 1 aliphatic heterocycles. The highest BCUT2D eigenvalue weighted by atomic mass is 19.1. The predicted molar refractivity (Wildman–Crippen MR) is 96.3 cm³/mol. The smallest absolute Gasteiger partial charge is 0.165 e. The van der Waals surface area contributed by atoms with Crippen LogP contribution in [0.5, 0.6) is 5.75 Å². The third-order valence-electron chi connectivity index (χ3n) is 5.50. The lowest BCUT2D eigenvalue weighted by Gasteiger charge is -2.32. The molecule has 3 rings (SSSR count). The summed E-state index contributed by atoms with van der Waals surface area (Å²) in [6.07, 6.45) is 7.23. The highest BCUT2D eigenvalue weighted by molar-refractivity contribution is 5.31.